The van der Waals surface area contributed by atoms with Gasteiger partial charge in [-0.15, -0.1) is 0 Å². The molecule has 1 atom stereocenters. The summed E-state index contributed by atoms with van der Waals surface area (Å²) in [6.07, 6.45) is 9.23. The number of piperidine rings is 3. The molecule has 3 nitrogen and oxygen atoms in total. The fourth-order valence-electron chi connectivity index (χ4n) is 3.07. The van der Waals surface area contributed by atoms with Crippen molar-refractivity contribution in [2.24, 2.45) is 5.92 Å². The number of dihydropyridines is 1. The first-order chi connectivity index (χ1) is 7.84. The van der Waals surface area contributed by atoms with Gasteiger partial charge in [0.1, 0.15) is 0 Å². The Labute approximate surface area is 96.2 Å². The standard InChI is InChI=1S/C13H18N2O/c16-13-11-3-6-15(7-4-11)12(13)8-10-2-1-5-14-9-10/h1-2,5,11-12,14H,3-4,6-9H2. The Hall–Kier alpha value is -1.09. The molecule has 1 N–H and O–H groups in total. The number of nitrogens with zero attached hydrogens (tertiary/aromatic N) is 1. The highest BCUT2D eigenvalue weighted by molar-refractivity contribution is 5.88. The summed E-state index contributed by atoms with van der Waals surface area (Å²) in [6, 6.07) is 0.173. The zero-order chi connectivity index (χ0) is 11.0. The van der Waals surface area contributed by atoms with Crippen LogP contribution >= 0.6 is 0 Å². The molecular weight excluding hydrogens is 200 g/mol. The van der Waals surface area contributed by atoms with E-state index in [1.54, 1.807) is 0 Å². The maximum Gasteiger partial charge on any atom is 0.153 e. The second-order valence-electron chi connectivity index (χ2n) is 5.00. The van der Waals surface area contributed by atoms with Crippen molar-refractivity contribution in [2.75, 3.05) is 19.6 Å². The zero-order valence-corrected chi connectivity index (χ0v) is 9.48. The number of allylic oxidation sites excluding steroid dienone is 2. The first-order valence-corrected chi connectivity index (χ1v) is 6.20. The van der Waals surface area contributed by atoms with Crippen LogP contribution in [0.2, 0.25) is 0 Å². The SMILES string of the molecule is O=C1C2CCN(CC2)C1CC1=CC=CNC1. The van der Waals surface area contributed by atoms with Crippen LogP contribution in [0.5, 0.6) is 0 Å². The minimum absolute atomic E-state index is 0.173. The molecule has 4 aliphatic rings. The van der Waals surface area contributed by atoms with Gasteiger partial charge in [-0.25, -0.2) is 0 Å². The van der Waals surface area contributed by atoms with E-state index in [4.69, 9.17) is 0 Å². The first-order valence-electron chi connectivity index (χ1n) is 6.20. The lowest BCUT2D eigenvalue weighted by molar-refractivity contribution is -0.136. The summed E-state index contributed by atoms with van der Waals surface area (Å²) in [4.78, 5) is 14.5. The van der Waals surface area contributed by atoms with Crippen molar-refractivity contribution >= 4 is 5.78 Å². The van der Waals surface area contributed by atoms with Crippen molar-refractivity contribution in [3.8, 4) is 0 Å². The van der Waals surface area contributed by atoms with Gasteiger partial charge in [0.15, 0.2) is 5.78 Å². The van der Waals surface area contributed by atoms with Gasteiger partial charge < -0.3 is 5.32 Å². The molecule has 4 aliphatic heterocycles. The average molecular weight is 218 g/mol. The van der Waals surface area contributed by atoms with Crippen LogP contribution in [-0.2, 0) is 4.79 Å². The van der Waals surface area contributed by atoms with Crippen LogP contribution in [0.3, 0.4) is 0 Å². The molecule has 3 saturated heterocycles. The number of carbonyl (C=O) groups is 1. The third kappa shape index (κ3) is 1.69. The topological polar surface area (TPSA) is 32.3 Å². The number of rotatable bonds is 2. The number of nitrogens with one attached hydrogen (secondary N) is 1. The molecule has 86 valence electrons. The van der Waals surface area contributed by atoms with E-state index < -0.39 is 0 Å². The fourth-order valence-corrected chi connectivity index (χ4v) is 3.07. The fraction of sp³-hybridized carbons (Fsp3) is 0.615. The summed E-state index contributed by atoms with van der Waals surface area (Å²) < 4.78 is 0. The molecule has 1 unspecified atom stereocenters. The molecule has 0 amide bonds. The van der Waals surface area contributed by atoms with Gasteiger partial charge in [-0.1, -0.05) is 6.08 Å². The van der Waals surface area contributed by atoms with Gasteiger partial charge in [-0.05, 0) is 50.2 Å². The summed E-state index contributed by atoms with van der Waals surface area (Å²) in [5.41, 5.74) is 1.36. The Morgan fingerprint density at radius 3 is 2.81 bits per heavy atom. The molecule has 4 heterocycles. The maximum atomic E-state index is 12.2. The van der Waals surface area contributed by atoms with Gasteiger partial charge in [-0.2, -0.15) is 0 Å². The van der Waals surface area contributed by atoms with Crippen LogP contribution < -0.4 is 5.32 Å². The number of hydrogen-bond acceptors (Lipinski definition) is 3. The second-order valence-corrected chi connectivity index (χ2v) is 5.00. The lowest BCUT2D eigenvalue weighted by atomic mass is 9.80. The molecule has 0 aromatic heterocycles. The molecular formula is C13H18N2O. The molecule has 4 rings (SSSR count). The summed E-state index contributed by atoms with van der Waals surface area (Å²) in [7, 11) is 0. The highest BCUT2D eigenvalue weighted by Gasteiger charge is 2.40. The minimum Gasteiger partial charge on any atom is -0.387 e. The molecule has 0 saturated carbocycles. The van der Waals surface area contributed by atoms with Crippen molar-refractivity contribution in [2.45, 2.75) is 25.3 Å². The lowest BCUT2D eigenvalue weighted by Gasteiger charge is -2.44. The van der Waals surface area contributed by atoms with Crippen LogP contribution in [0, 0.1) is 5.92 Å². The molecule has 0 radical (unpaired) electrons. The van der Waals surface area contributed by atoms with Crippen molar-refractivity contribution < 1.29 is 4.79 Å². The van der Waals surface area contributed by atoms with E-state index in [0.29, 0.717) is 11.7 Å². The van der Waals surface area contributed by atoms with Gasteiger partial charge in [0.2, 0.25) is 0 Å². The Morgan fingerprint density at radius 2 is 2.19 bits per heavy atom. The predicted molar refractivity (Wildman–Crippen MR) is 62.9 cm³/mol. The molecule has 0 aliphatic carbocycles. The number of hydrogen-bond donors (Lipinski definition) is 1. The number of Topliss-reactive ketones (excluding diaryl/α,β-unsaturated/α-hetero) is 1. The van der Waals surface area contributed by atoms with Gasteiger partial charge in [0, 0.05) is 12.5 Å². The minimum atomic E-state index is 0.173. The quantitative estimate of drug-likeness (QED) is 0.753. The zero-order valence-electron chi connectivity index (χ0n) is 9.48. The molecule has 0 spiro atoms. The first kappa shape index (κ1) is 10.1. The van der Waals surface area contributed by atoms with Crippen molar-refractivity contribution in [1.82, 2.24) is 10.2 Å². The maximum absolute atomic E-state index is 12.2. The van der Waals surface area contributed by atoms with E-state index in [1.807, 2.05) is 12.3 Å². The van der Waals surface area contributed by atoms with Crippen LogP contribution in [-0.4, -0.2) is 36.4 Å². The summed E-state index contributed by atoms with van der Waals surface area (Å²) in [6.45, 7) is 3.15. The van der Waals surface area contributed by atoms with E-state index in [2.05, 4.69) is 16.3 Å². The Kier molecular flexibility index (Phi) is 2.56. The lowest BCUT2D eigenvalue weighted by Crippen LogP contribution is -2.55. The van der Waals surface area contributed by atoms with E-state index in [1.165, 1.54) is 5.57 Å². The Bertz CT molecular complexity index is 351. The van der Waals surface area contributed by atoms with Gasteiger partial charge in [0.25, 0.3) is 0 Å². The van der Waals surface area contributed by atoms with Gasteiger partial charge in [-0.3, -0.25) is 9.69 Å². The molecule has 3 heteroatoms. The number of carbonyl (C=O) groups excluding carboxylic acids is 1. The number of ketones is 1. The largest absolute Gasteiger partial charge is 0.387 e. The molecule has 2 bridgehead atoms. The Balaban J connectivity index is 1.72. The highest BCUT2D eigenvalue weighted by atomic mass is 16.1. The molecule has 0 aromatic carbocycles. The van der Waals surface area contributed by atoms with Gasteiger partial charge in [0.05, 0.1) is 6.04 Å². The average Bonchev–Trinajstić information content (AvgIpc) is 2.36. The Morgan fingerprint density at radius 1 is 1.38 bits per heavy atom. The summed E-state index contributed by atoms with van der Waals surface area (Å²) >= 11 is 0. The third-order valence-electron chi connectivity index (χ3n) is 4.03. The van der Waals surface area contributed by atoms with Crippen molar-refractivity contribution in [3.63, 3.8) is 0 Å². The normalized spacial score (nSPS) is 37.1. The van der Waals surface area contributed by atoms with Crippen molar-refractivity contribution in [3.05, 3.63) is 23.9 Å². The van der Waals surface area contributed by atoms with Gasteiger partial charge >= 0.3 is 0 Å². The van der Waals surface area contributed by atoms with Crippen LogP contribution in [0.15, 0.2) is 23.9 Å². The van der Waals surface area contributed by atoms with E-state index in [0.717, 1.165) is 38.9 Å². The summed E-state index contributed by atoms with van der Waals surface area (Å²) in [5, 5.41) is 3.20. The highest BCUT2D eigenvalue weighted by Crippen LogP contribution is 2.31. The predicted octanol–water partition coefficient (Wildman–Crippen LogP) is 1.08. The smallest absolute Gasteiger partial charge is 0.153 e. The second kappa shape index (κ2) is 4.06. The monoisotopic (exact) mass is 218 g/mol. The van der Waals surface area contributed by atoms with Crippen LogP contribution in [0.4, 0.5) is 0 Å². The van der Waals surface area contributed by atoms with E-state index >= 15 is 0 Å². The molecule has 16 heavy (non-hydrogen) atoms. The molecule has 0 aromatic rings. The van der Waals surface area contributed by atoms with Crippen LogP contribution in [0.25, 0.3) is 0 Å². The summed E-state index contributed by atoms with van der Waals surface area (Å²) in [5.74, 6) is 0.857. The third-order valence-corrected chi connectivity index (χ3v) is 4.03. The van der Waals surface area contributed by atoms with Crippen molar-refractivity contribution in [1.29, 1.82) is 0 Å². The van der Waals surface area contributed by atoms with Crippen LogP contribution in [0.1, 0.15) is 19.3 Å². The number of fused-ring (bicyclic) bond motifs is 3. The van der Waals surface area contributed by atoms with E-state index in [-0.39, 0.29) is 6.04 Å². The van der Waals surface area contributed by atoms with E-state index in [9.17, 15) is 4.79 Å². The molecule has 3 fully saturated rings.